The summed E-state index contributed by atoms with van der Waals surface area (Å²) in [6.07, 6.45) is 2.51. The number of hydrogen-bond donors (Lipinski definition) is 2. The Labute approximate surface area is 156 Å². The summed E-state index contributed by atoms with van der Waals surface area (Å²) in [7, 11) is 1.52. The zero-order valence-electron chi connectivity index (χ0n) is 14.2. The van der Waals surface area contributed by atoms with Gasteiger partial charge in [0.2, 0.25) is 5.91 Å². The van der Waals surface area contributed by atoms with Gasteiger partial charge in [0, 0.05) is 29.6 Å². The largest absolute Gasteiger partial charge is 0.447 e. The molecular weight excluding hydrogens is 356 g/mol. The van der Waals surface area contributed by atoms with E-state index in [9.17, 15) is 9.59 Å². The number of amides is 2. The van der Waals surface area contributed by atoms with Crippen molar-refractivity contribution >= 4 is 41.1 Å². The Balaban J connectivity index is 1.89. The highest BCUT2D eigenvalue weighted by atomic mass is 35.5. The topological polar surface area (TPSA) is 76.7 Å². The number of benzene rings is 2. The highest BCUT2D eigenvalue weighted by Crippen LogP contribution is 2.16. The summed E-state index contributed by atoms with van der Waals surface area (Å²) in [5, 5.41) is 5.94. The SMILES string of the molecule is COCCOC(=O)Nc1cccc(NC(=O)/C=C/c2ccc(Cl)cc2)c1. The van der Waals surface area contributed by atoms with E-state index in [1.54, 1.807) is 42.5 Å². The van der Waals surface area contributed by atoms with Crippen LogP contribution in [0.1, 0.15) is 5.56 Å². The fourth-order valence-electron chi connectivity index (χ4n) is 1.98. The van der Waals surface area contributed by atoms with Crippen molar-refractivity contribution in [1.29, 1.82) is 0 Å². The molecule has 2 amide bonds. The maximum absolute atomic E-state index is 12.0. The molecule has 0 aromatic heterocycles. The van der Waals surface area contributed by atoms with Crippen LogP contribution < -0.4 is 10.6 Å². The Morgan fingerprint density at radius 2 is 1.73 bits per heavy atom. The molecule has 0 heterocycles. The third-order valence-corrected chi connectivity index (χ3v) is 3.45. The predicted molar refractivity (Wildman–Crippen MR) is 102 cm³/mol. The van der Waals surface area contributed by atoms with E-state index in [-0.39, 0.29) is 12.5 Å². The van der Waals surface area contributed by atoms with Gasteiger partial charge in [-0.25, -0.2) is 4.79 Å². The van der Waals surface area contributed by atoms with Gasteiger partial charge in [0.05, 0.1) is 6.61 Å². The van der Waals surface area contributed by atoms with Crippen LogP contribution in [0.15, 0.2) is 54.6 Å². The van der Waals surface area contributed by atoms with Gasteiger partial charge in [-0.05, 0) is 42.0 Å². The number of ether oxygens (including phenoxy) is 2. The van der Waals surface area contributed by atoms with Crippen molar-refractivity contribution in [1.82, 2.24) is 0 Å². The highest BCUT2D eigenvalue weighted by Gasteiger charge is 2.04. The Bertz CT molecular complexity index is 775. The van der Waals surface area contributed by atoms with Gasteiger partial charge in [0.25, 0.3) is 0 Å². The summed E-state index contributed by atoms with van der Waals surface area (Å²) >= 11 is 5.82. The molecule has 2 N–H and O–H groups in total. The van der Waals surface area contributed by atoms with E-state index in [1.165, 1.54) is 13.2 Å². The lowest BCUT2D eigenvalue weighted by Gasteiger charge is -2.08. The number of nitrogens with one attached hydrogen (secondary N) is 2. The molecular formula is C19H19ClN2O4. The summed E-state index contributed by atoms with van der Waals surface area (Å²) in [5.41, 5.74) is 1.91. The molecule has 0 unspecified atom stereocenters. The molecule has 0 aliphatic heterocycles. The third kappa shape index (κ3) is 6.96. The summed E-state index contributed by atoms with van der Waals surface area (Å²) in [6, 6.07) is 13.9. The van der Waals surface area contributed by atoms with Crippen molar-refractivity contribution in [3.63, 3.8) is 0 Å². The lowest BCUT2D eigenvalue weighted by Crippen LogP contribution is -2.16. The number of rotatable bonds is 7. The first-order valence-corrected chi connectivity index (χ1v) is 8.22. The molecule has 0 saturated carbocycles. The second kappa shape index (κ2) is 10.2. The summed E-state index contributed by atoms with van der Waals surface area (Å²) in [4.78, 5) is 23.6. The van der Waals surface area contributed by atoms with Crippen LogP contribution in [0.4, 0.5) is 16.2 Å². The van der Waals surface area contributed by atoms with Crippen LogP contribution in [0, 0.1) is 0 Å². The molecule has 0 saturated heterocycles. The number of hydrogen-bond acceptors (Lipinski definition) is 4. The summed E-state index contributed by atoms with van der Waals surface area (Å²) < 4.78 is 9.72. The Morgan fingerprint density at radius 3 is 2.42 bits per heavy atom. The molecule has 0 fully saturated rings. The van der Waals surface area contributed by atoms with Crippen molar-refractivity contribution in [2.24, 2.45) is 0 Å². The molecule has 136 valence electrons. The van der Waals surface area contributed by atoms with Crippen molar-refractivity contribution in [2.75, 3.05) is 31.0 Å². The zero-order chi connectivity index (χ0) is 18.8. The van der Waals surface area contributed by atoms with Crippen LogP contribution in [-0.4, -0.2) is 32.3 Å². The second-order valence-corrected chi connectivity index (χ2v) is 5.65. The summed E-state index contributed by atoms with van der Waals surface area (Å²) in [6.45, 7) is 0.484. The monoisotopic (exact) mass is 374 g/mol. The lowest BCUT2D eigenvalue weighted by atomic mass is 10.2. The van der Waals surface area contributed by atoms with Crippen LogP contribution in [-0.2, 0) is 14.3 Å². The van der Waals surface area contributed by atoms with Gasteiger partial charge >= 0.3 is 6.09 Å². The van der Waals surface area contributed by atoms with Gasteiger partial charge in [-0.3, -0.25) is 10.1 Å². The van der Waals surface area contributed by atoms with Crippen LogP contribution in [0.25, 0.3) is 6.08 Å². The zero-order valence-corrected chi connectivity index (χ0v) is 15.0. The van der Waals surface area contributed by atoms with Gasteiger partial charge in [-0.2, -0.15) is 0 Å². The maximum Gasteiger partial charge on any atom is 0.411 e. The molecule has 2 rings (SSSR count). The van der Waals surface area contributed by atoms with E-state index in [0.29, 0.717) is 23.0 Å². The fraction of sp³-hybridized carbons (Fsp3) is 0.158. The van der Waals surface area contributed by atoms with Crippen molar-refractivity contribution in [2.45, 2.75) is 0 Å². The predicted octanol–water partition coefficient (Wildman–Crippen LogP) is 4.19. The van der Waals surface area contributed by atoms with Crippen molar-refractivity contribution in [3.05, 3.63) is 65.2 Å². The molecule has 0 radical (unpaired) electrons. The van der Waals surface area contributed by atoms with Crippen molar-refractivity contribution in [3.8, 4) is 0 Å². The smallest absolute Gasteiger partial charge is 0.411 e. The molecule has 0 bridgehead atoms. The molecule has 26 heavy (non-hydrogen) atoms. The summed E-state index contributed by atoms with van der Waals surface area (Å²) in [5.74, 6) is -0.292. The lowest BCUT2D eigenvalue weighted by molar-refractivity contribution is -0.111. The number of methoxy groups -OCH3 is 1. The van der Waals surface area contributed by atoms with Gasteiger partial charge in [-0.1, -0.05) is 29.8 Å². The number of anilines is 2. The Morgan fingerprint density at radius 1 is 1.04 bits per heavy atom. The van der Waals surface area contributed by atoms with E-state index in [4.69, 9.17) is 21.1 Å². The minimum Gasteiger partial charge on any atom is -0.447 e. The second-order valence-electron chi connectivity index (χ2n) is 5.21. The van der Waals surface area contributed by atoms with E-state index < -0.39 is 6.09 Å². The molecule has 0 aliphatic carbocycles. The molecule has 0 spiro atoms. The molecule has 2 aromatic rings. The van der Waals surface area contributed by atoms with E-state index in [2.05, 4.69) is 10.6 Å². The molecule has 6 nitrogen and oxygen atoms in total. The molecule has 2 aromatic carbocycles. The first-order valence-electron chi connectivity index (χ1n) is 7.84. The number of halogens is 1. The first kappa shape index (κ1) is 19.5. The molecule has 0 atom stereocenters. The fourth-order valence-corrected chi connectivity index (χ4v) is 2.10. The number of carbonyl (C=O) groups is 2. The Hall–Kier alpha value is -2.83. The average molecular weight is 375 g/mol. The van der Waals surface area contributed by atoms with Crippen LogP contribution >= 0.6 is 11.6 Å². The van der Waals surface area contributed by atoms with E-state index in [0.717, 1.165) is 5.56 Å². The highest BCUT2D eigenvalue weighted by molar-refractivity contribution is 6.30. The van der Waals surface area contributed by atoms with E-state index in [1.807, 2.05) is 12.1 Å². The van der Waals surface area contributed by atoms with Gasteiger partial charge in [0.15, 0.2) is 0 Å². The minimum atomic E-state index is -0.590. The van der Waals surface area contributed by atoms with Gasteiger partial charge in [-0.15, -0.1) is 0 Å². The Kier molecular flexibility index (Phi) is 7.67. The molecule has 0 aliphatic rings. The first-order chi connectivity index (χ1) is 12.6. The van der Waals surface area contributed by atoms with Crippen LogP contribution in [0.3, 0.4) is 0 Å². The number of carbonyl (C=O) groups excluding carboxylic acids is 2. The third-order valence-electron chi connectivity index (χ3n) is 3.19. The van der Waals surface area contributed by atoms with E-state index >= 15 is 0 Å². The van der Waals surface area contributed by atoms with Crippen LogP contribution in [0.2, 0.25) is 5.02 Å². The van der Waals surface area contributed by atoms with Gasteiger partial charge < -0.3 is 14.8 Å². The normalized spacial score (nSPS) is 10.5. The van der Waals surface area contributed by atoms with Gasteiger partial charge in [0.1, 0.15) is 6.61 Å². The maximum atomic E-state index is 12.0. The molecule has 7 heteroatoms. The average Bonchev–Trinajstić information content (AvgIpc) is 2.62. The van der Waals surface area contributed by atoms with Crippen molar-refractivity contribution < 1.29 is 19.1 Å². The minimum absolute atomic E-state index is 0.161. The standard InChI is InChI=1S/C19H19ClN2O4/c1-25-11-12-26-19(24)22-17-4-2-3-16(13-17)21-18(23)10-7-14-5-8-15(20)9-6-14/h2-10,13H,11-12H2,1H3,(H,21,23)(H,22,24)/b10-7+. The quantitative estimate of drug-likeness (QED) is 0.563. The van der Waals surface area contributed by atoms with Crippen LogP contribution in [0.5, 0.6) is 0 Å².